The Labute approximate surface area is 166 Å². The van der Waals surface area contributed by atoms with Crippen molar-refractivity contribution in [1.29, 1.82) is 0 Å². The number of carbonyl (C=O) groups excluding carboxylic acids is 1. The Morgan fingerprint density at radius 3 is 2.75 bits per heavy atom. The molecule has 2 aromatic carbocycles. The summed E-state index contributed by atoms with van der Waals surface area (Å²) in [7, 11) is 0. The molecule has 7 heteroatoms. The number of nitrogens with one attached hydrogen (secondary N) is 1. The summed E-state index contributed by atoms with van der Waals surface area (Å²) in [5.41, 5.74) is 3.20. The van der Waals surface area contributed by atoms with Crippen LogP contribution in [-0.2, 0) is 6.42 Å². The normalized spacial score (nSPS) is 11.1. The fraction of sp³-hybridized carbons (Fsp3) is 0.190. The summed E-state index contributed by atoms with van der Waals surface area (Å²) in [5.74, 6) is 0.989. The number of halogens is 1. The minimum absolute atomic E-state index is 0.284. The van der Waals surface area contributed by atoms with Gasteiger partial charge in [-0.25, -0.2) is 0 Å². The minimum atomic E-state index is -0.287. The van der Waals surface area contributed by atoms with Crippen LogP contribution in [0.25, 0.3) is 22.4 Å². The lowest BCUT2D eigenvalue weighted by atomic mass is 10.1. The Kier molecular flexibility index (Phi) is 4.88. The van der Waals surface area contributed by atoms with E-state index in [1.54, 1.807) is 0 Å². The highest BCUT2D eigenvalue weighted by atomic mass is 35.5. The van der Waals surface area contributed by atoms with E-state index in [1.165, 1.54) is 0 Å². The maximum Gasteiger partial charge on any atom is 0.287 e. The second-order valence-electron chi connectivity index (χ2n) is 6.54. The van der Waals surface area contributed by atoms with Crippen LogP contribution in [0.3, 0.4) is 0 Å². The molecule has 0 saturated carbocycles. The molecule has 0 aliphatic heterocycles. The second kappa shape index (κ2) is 7.48. The van der Waals surface area contributed by atoms with Gasteiger partial charge in [-0.2, -0.15) is 4.98 Å². The molecule has 0 fully saturated rings. The molecule has 0 atom stereocenters. The fourth-order valence-electron chi connectivity index (χ4n) is 2.98. The molecule has 0 spiro atoms. The van der Waals surface area contributed by atoms with Gasteiger partial charge in [0.05, 0.1) is 0 Å². The van der Waals surface area contributed by atoms with Gasteiger partial charge in [-0.3, -0.25) is 4.79 Å². The summed E-state index contributed by atoms with van der Waals surface area (Å²) in [6, 6.07) is 13.2. The van der Waals surface area contributed by atoms with Gasteiger partial charge < -0.3 is 14.3 Å². The summed E-state index contributed by atoms with van der Waals surface area (Å²) in [6.45, 7) is 4.09. The summed E-state index contributed by atoms with van der Waals surface area (Å²) >= 11 is 6.18. The molecule has 2 heterocycles. The quantitative estimate of drug-likeness (QED) is 0.528. The largest absolute Gasteiger partial charge is 0.451 e. The third kappa shape index (κ3) is 3.51. The second-order valence-corrected chi connectivity index (χ2v) is 6.94. The number of aromatic nitrogens is 2. The molecule has 6 nitrogen and oxygen atoms in total. The lowest BCUT2D eigenvalue weighted by Crippen LogP contribution is -2.25. The average Bonchev–Trinajstić information content (AvgIpc) is 3.29. The van der Waals surface area contributed by atoms with Crippen molar-refractivity contribution in [3.05, 3.63) is 70.3 Å². The first-order chi connectivity index (χ1) is 13.5. The monoisotopic (exact) mass is 395 g/mol. The molecule has 28 heavy (non-hydrogen) atoms. The van der Waals surface area contributed by atoms with Crippen molar-refractivity contribution in [3.8, 4) is 11.4 Å². The van der Waals surface area contributed by atoms with Crippen LogP contribution in [0.4, 0.5) is 0 Å². The predicted octanol–water partition coefficient (Wildman–Crippen LogP) is 4.73. The molecule has 0 aliphatic rings. The highest BCUT2D eigenvalue weighted by Crippen LogP contribution is 2.30. The van der Waals surface area contributed by atoms with E-state index in [-0.39, 0.29) is 11.7 Å². The number of furan rings is 1. The average molecular weight is 396 g/mol. The maximum absolute atomic E-state index is 12.5. The molecule has 0 aliphatic carbocycles. The van der Waals surface area contributed by atoms with Crippen molar-refractivity contribution < 1.29 is 13.7 Å². The van der Waals surface area contributed by atoms with E-state index in [0.717, 1.165) is 22.1 Å². The van der Waals surface area contributed by atoms with Crippen molar-refractivity contribution in [3.63, 3.8) is 0 Å². The molecule has 0 unspecified atom stereocenters. The number of aryl methyl sites for hydroxylation is 2. The van der Waals surface area contributed by atoms with E-state index in [2.05, 4.69) is 15.5 Å². The number of amides is 1. The first kappa shape index (κ1) is 18.3. The number of rotatable bonds is 5. The van der Waals surface area contributed by atoms with Gasteiger partial charge in [-0.05, 0) is 31.5 Å². The molecule has 142 valence electrons. The molecule has 0 saturated heterocycles. The maximum atomic E-state index is 12.5. The van der Waals surface area contributed by atoms with E-state index >= 15 is 0 Å². The standard InChI is InChI=1S/C21H18ClN3O3/c1-12-10-17-15(11-16(12)22)13(2)19(27-17)21(26)23-9-8-18-24-20(25-28-18)14-6-4-3-5-7-14/h3-7,10-11H,8-9H2,1-2H3,(H,23,26). The summed E-state index contributed by atoms with van der Waals surface area (Å²) in [4.78, 5) is 16.9. The van der Waals surface area contributed by atoms with Gasteiger partial charge >= 0.3 is 0 Å². The number of nitrogens with zero attached hydrogens (tertiary/aromatic N) is 2. The molecule has 4 rings (SSSR count). The highest BCUT2D eigenvalue weighted by Gasteiger charge is 2.18. The topological polar surface area (TPSA) is 81.2 Å². The van der Waals surface area contributed by atoms with Crippen LogP contribution < -0.4 is 5.32 Å². The molecule has 0 bridgehead atoms. The lowest BCUT2D eigenvalue weighted by molar-refractivity contribution is 0.0927. The van der Waals surface area contributed by atoms with Gasteiger partial charge in [-0.1, -0.05) is 47.1 Å². The summed E-state index contributed by atoms with van der Waals surface area (Å²) in [6.07, 6.45) is 0.426. The van der Waals surface area contributed by atoms with Crippen molar-refractivity contribution >= 4 is 28.5 Å². The lowest BCUT2D eigenvalue weighted by Gasteiger charge is -2.01. The van der Waals surface area contributed by atoms with Gasteiger partial charge in [0.25, 0.3) is 5.91 Å². The van der Waals surface area contributed by atoms with Crippen LogP contribution in [0.5, 0.6) is 0 Å². The number of fused-ring (bicyclic) bond motifs is 1. The van der Waals surface area contributed by atoms with Crippen molar-refractivity contribution in [1.82, 2.24) is 15.5 Å². The smallest absolute Gasteiger partial charge is 0.287 e. The van der Waals surface area contributed by atoms with Crippen molar-refractivity contribution in [2.24, 2.45) is 0 Å². The Morgan fingerprint density at radius 1 is 1.18 bits per heavy atom. The molecule has 4 aromatic rings. The molecule has 1 N–H and O–H groups in total. The van der Waals surface area contributed by atoms with Crippen molar-refractivity contribution in [2.45, 2.75) is 20.3 Å². The van der Waals surface area contributed by atoms with Crippen LogP contribution in [0.2, 0.25) is 5.02 Å². The predicted molar refractivity (Wildman–Crippen MR) is 106 cm³/mol. The van der Waals surface area contributed by atoms with Crippen LogP contribution in [0.15, 0.2) is 51.4 Å². The van der Waals surface area contributed by atoms with E-state index in [4.69, 9.17) is 20.5 Å². The third-order valence-electron chi connectivity index (χ3n) is 4.55. The van der Waals surface area contributed by atoms with Crippen molar-refractivity contribution in [2.75, 3.05) is 6.54 Å². The Bertz CT molecular complexity index is 1150. The van der Waals surface area contributed by atoms with Crippen LogP contribution in [0.1, 0.15) is 27.6 Å². The van der Waals surface area contributed by atoms with Gasteiger partial charge in [0.2, 0.25) is 11.7 Å². The Morgan fingerprint density at radius 2 is 1.96 bits per heavy atom. The SMILES string of the molecule is Cc1cc2oc(C(=O)NCCc3nc(-c4ccccc4)no3)c(C)c2cc1Cl. The fourth-order valence-corrected chi connectivity index (χ4v) is 3.15. The number of benzene rings is 2. The molecule has 2 aromatic heterocycles. The van der Waals surface area contributed by atoms with Gasteiger partial charge in [0.15, 0.2) is 5.76 Å². The zero-order valence-electron chi connectivity index (χ0n) is 15.5. The first-order valence-electron chi connectivity index (χ1n) is 8.88. The van der Waals surface area contributed by atoms with E-state index < -0.39 is 0 Å². The van der Waals surface area contributed by atoms with Crippen LogP contribution in [-0.4, -0.2) is 22.6 Å². The molecule has 0 radical (unpaired) electrons. The molecular formula is C21H18ClN3O3. The van der Waals surface area contributed by atoms with Gasteiger partial charge in [0.1, 0.15) is 5.58 Å². The summed E-state index contributed by atoms with van der Waals surface area (Å²) in [5, 5.41) is 8.29. The third-order valence-corrected chi connectivity index (χ3v) is 4.96. The summed E-state index contributed by atoms with van der Waals surface area (Å²) < 4.78 is 11.0. The first-order valence-corrected chi connectivity index (χ1v) is 9.26. The Hall–Kier alpha value is -3.12. The zero-order valence-corrected chi connectivity index (χ0v) is 16.2. The van der Waals surface area contributed by atoms with E-state index in [0.29, 0.717) is 35.3 Å². The van der Waals surface area contributed by atoms with Crippen LogP contribution >= 0.6 is 11.6 Å². The zero-order chi connectivity index (χ0) is 19.7. The van der Waals surface area contributed by atoms with E-state index in [1.807, 2.05) is 56.3 Å². The number of hydrogen-bond acceptors (Lipinski definition) is 5. The van der Waals surface area contributed by atoms with Gasteiger partial charge in [0, 0.05) is 34.5 Å². The Balaban J connectivity index is 1.42. The molecular weight excluding hydrogens is 378 g/mol. The van der Waals surface area contributed by atoms with Crippen LogP contribution in [0, 0.1) is 13.8 Å². The van der Waals surface area contributed by atoms with E-state index in [9.17, 15) is 4.79 Å². The molecule has 1 amide bonds. The number of carbonyl (C=O) groups is 1. The minimum Gasteiger partial charge on any atom is -0.451 e. The van der Waals surface area contributed by atoms with Gasteiger partial charge in [-0.15, -0.1) is 0 Å². The highest BCUT2D eigenvalue weighted by molar-refractivity contribution is 6.32. The number of hydrogen-bond donors (Lipinski definition) is 1.